The maximum atomic E-state index is 5.82. The van der Waals surface area contributed by atoms with Crippen LogP contribution >= 0.6 is 11.8 Å². The second kappa shape index (κ2) is 5.41. The molecule has 0 unspecified atom stereocenters. The zero-order chi connectivity index (χ0) is 12.4. The molecule has 1 aromatic carbocycles. The molecule has 3 rings (SSSR count). The first-order chi connectivity index (χ1) is 8.90. The molecule has 4 heteroatoms. The summed E-state index contributed by atoms with van der Waals surface area (Å²) in [4.78, 5) is 1.28. The van der Waals surface area contributed by atoms with Crippen LogP contribution in [0.5, 0.6) is 11.5 Å². The van der Waals surface area contributed by atoms with E-state index in [1.165, 1.54) is 23.3 Å². The van der Waals surface area contributed by atoms with E-state index >= 15 is 0 Å². The van der Waals surface area contributed by atoms with Gasteiger partial charge in [-0.15, -0.1) is 11.8 Å². The van der Waals surface area contributed by atoms with Crippen LogP contribution in [0, 0.1) is 0 Å². The van der Waals surface area contributed by atoms with Crippen molar-refractivity contribution >= 4 is 11.8 Å². The summed E-state index contributed by atoms with van der Waals surface area (Å²) in [5.41, 5.74) is 1.44. The summed E-state index contributed by atoms with van der Waals surface area (Å²) >= 11 is 1.78. The van der Waals surface area contributed by atoms with Crippen LogP contribution in [0.3, 0.4) is 0 Å². The third-order valence-electron chi connectivity index (χ3n) is 3.68. The zero-order valence-electron chi connectivity index (χ0n) is 10.7. The predicted molar refractivity (Wildman–Crippen MR) is 74.1 cm³/mol. The Bertz CT molecular complexity index is 430. The lowest BCUT2D eigenvalue weighted by atomic mass is 9.90. The van der Waals surface area contributed by atoms with Gasteiger partial charge in [0.05, 0.1) is 4.90 Å². The lowest BCUT2D eigenvalue weighted by Gasteiger charge is -2.28. The van der Waals surface area contributed by atoms with Crippen molar-refractivity contribution < 1.29 is 9.47 Å². The van der Waals surface area contributed by atoms with Crippen LogP contribution in [0.1, 0.15) is 24.3 Å². The highest BCUT2D eigenvalue weighted by molar-refractivity contribution is 7.98. The number of hydrogen-bond donors (Lipinski definition) is 1. The maximum Gasteiger partial charge on any atom is 0.175 e. The number of hydrogen-bond acceptors (Lipinski definition) is 4. The molecule has 1 N–H and O–H groups in total. The highest BCUT2D eigenvalue weighted by Gasteiger charge is 2.24. The van der Waals surface area contributed by atoms with Crippen molar-refractivity contribution in [2.24, 2.45) is 0 Å². The Hall–Kier alpha value is -0.870. The molecule has 1 aromatic rings. The van der Waals surface area contributed by atoms with E-state index in [2.05, 4.69) is 23.7 Å². The second-order valence-corrected chi connectivity index (χ2v) is 5.55. The minimum Gasteiger partial charge on any atom is -0.486 e. The second-order valence-electron chi connectivity index (χ2n) is 4.74. The van der Waals surface area contributed by atoms with Crippen LogP contribution in [0.4, 0.5) is 0 Å². The maximum absolute atomic E-state index is 5.82. The Morgan fingerprint density at radius 3 is 2.72 bits per heavy atom. The minimum atomic E-state index is 0.657. The van der Waals surface area contributed by atoms with Gasteiger partial charge in [-0.1, -0.05) is 6.07 Å². The molecule has 2 heterocycles. The molecule has 0 atom stereocenters. The first kappa shape index (κ1) is 12.2. The summed E-state index contributed by atoms with van der Waals surface area (Å²) in [5, 5.41) is 3.42. The number of nitrogens with one attached hydrogen (secondary N) is 1. The van der Waals surface area contributed by atoms with Crippen molar-refractivity contribution in [3.05, 3.63) is 17.7 Å². The lowest BCUT2D eigenvalue weighted by molar-refractivity contribution is 0.166. The number of piperidine rings is 1. The molecule has 0 saturated carbocycles. The van der Waals surface area contributed by atoms with Gasteiger partial charge in [0.15, 0.2) is 11.5 Å². The van der Waals surface area contributed by atoms with Crippen LogP contribution in [0.25, 0.3) is 0 Å². The average molecular weight is 265 g/mol. The summed E-state index contributed by atoms with van der Waals surface area (Å²) in [6.07, 6.45) is 4.55. The Kier molecular flexibility index (Phi) is 3.66. The summed E-state index contributed by atoms with van der Waals surface area (Å²) in [6, 6.07) is 4.31. The normalized spacial score (nSPS) is 19.8. The standard InChI is InChI=1S/C14H19NO2S/c1-18-14-11(10-4-6-15-7-5-10)2-3-12-13(14)17-9-8-16-12/h2-3,10,15H,4-9H2,1H3. The van der Waals surface area contributed by atoms with E-state index < -0.39 is 0 Å². The number of ether oxygens (including phenoxy) is 2. The van der Waals surface area contributed by atoms with Gasteiger partial charge in [0.25, 0.3) is 0 Å². The van der Waals surface area contributed by atoms with Gasteiger partial charge in [0.2, 0.25) is 0 Å². The molecule has 2 aliphatic heterocycles. The van der Waals surface area contributed by atoms with Crippen molar-refractivity contribution in [3.8, 4) is 11.5 Å². The Labute approximate surface area is 112 Å². The number of thioether (sulfide) groups is 1. The zero-order valence-corrected chi connectivity index (χ0v) is 11.5. The minimum absolute atomic E-state index is 0.657. The van der Waals surface area contributed by atoms with Gasteiger partial charge in [-0.25, -0.2) is 0 Å². The molecule has 0 amide bonds. The van der Waals surface area contributed by atoms with Crippen molar-refractivity contribution in [2.75, 3.05) is 32.6 Å². The summed E-state index contributed by atoms with van der Waals surface area (Å²) < 4.78 is 11.5. The van der Waals surface area contributed by atoms with Crippen LogP contribution in [-0.2, 0) is 0 Å². The smallest absolute Gasteiger partial charge is 0.175 e. The monoisotopic (exact) mass is 265 g/mol. The van der Waals surface area contributed by atoms with Crippen LogP contribution in [-0.4, -0.2) is 32.6 Å². The molecule has 1 fully saturated rings. The van der Waals surface area contributed by atoms with Gasteiger partial charge in [-0.2, -0.15) is 0 Å². The first-order valence-corrected chi connectivity index (χ1v) is 7.80. The third kappa shape index (κ3) is 2.19. The third-order valence-corrected chi connectivity index (χ3v) is 4.51. The fourth-order valence-electron chi connectivity index (χ4n) is 2.77. The average Bonchev–Trinajstić information content (AvgIpc) is 2.47. The number of fused-ring (bicyclic) bond motifs is 1. The summed E-state index contributed by atoms with van der Waals surface area (Å²) in [5.74, 6) is 2.53. The van der Waals surface area contributed by atoms with Crippen molar-refractivity contribution in [2.45, 2.75) is 23.7 Å². The van der Waals surface area contributed by atoms with E-state index in [1.807, 2.05) is 0 Å². The summed E-state index contributed by atoms with van der Waals surface area (Å²) in [6.45, 7) is 3.56. The molecule has 3 nitrogen and oxygen atoms in total. The van der Waals surface area contributed by atoms with Crippen molar-refractivity contribution in [1.82, 2.24) is 5.32 Å². The van der Waals surface area contributed by atoms with E-state index in [9.17, 15) is 0 Å². The molecule has 0 radical (unpaired) electrons. The fraction of sp³-hybridized carbons (Fsp3) is 0.571. The van der Waals surface area contributed by atoms with Crippen LogP contribution in [0.2, 0.25) is 0 Å². The van der Waals surface area contributed by atoms with E-state index in [0.717, 1.165) is 24.6 Å². The molecule has 1 saturated heterocycles. The van der Waals surface area contributed by atoms with Gasteiger partial charge in [0.1, 0.15) is 13.2 Å². The first-order valence-electron chi connectivity index (χ1n) is 6.57. The molecule has 98 valence electrons. The van der Waals surface area contributed by atoms with Gasteiger partial charge >= 0.3 is 0 Å². The van der Waals surface area contributed by atoms with Crippen molar-refractivity contribution in [3.63, 3.8) is 0 Å². The highest BCUT2D eigenvalue weighted by atomic mass is 32.2. The van der Waals surface area contributed by atoms with Crippen molar-refractivity contribution in [1.29, 1.82) is 0 Å². The SMILES string of the molecule is CSc1c(C2CCNCC2)ccc2c1OCCO2. The van der Waals surface area contributed by atoms with Gasteiger partial charge in [-0.05, 0) is 49.7 Å². The lowest BCUT2D eigenvalue weighted by Crippen LogP contribution is -2.27. The predicted octanol–water partition coefficient (Wildman–Crippen LogP) is 2.65. The van der Waals surface area contributed by atoms with Crippen LogP contribution < -0.4 is 14.8 Å². The number of rotatable bonds is 2. The topological polar surface area (TPSA) is 30.5 Å². The largest absolute Gasteiger partial charge is 0.486 e. The molecule has 18 heavy (non-hydrogen) atoms. The fourth-order valence-corrected chi connectivity index (χ4v) is 3.59. The van der Waals surface area contributed by atoms with E-state index in [1.54, 1.807) is 11.8 Å². The molecule has 0 spiro atoms. The molecular weight excluding hydrogens is 246 g/mol. The van der Waals surface area contributed by atoms with E-state index in [0.29, 0.717) is 19.1 Å². The van der Waals surface area contributed by atoms with E-state index in [-0.39, 0.29) is 0 Å². The van der Waals surface area contributed by atoms with Crippen LogP contribution in [0.15, 0.2) is 17.0 Å². The Morgan fingerprint density at radius 1 is 1.17 bits per heavy atom. The number of benzene rings is 1. The van der Waals surface area contributed by atoms with Gasteiger partial charge in [0, 0.05) is 0 Å². The Balaban J connectivity index is 1.98. The Morgan fingerprint density at radius 2 is 1.94 bits per heavy atom. The van der Waals surface area contributed by atoms with Gasteiger partial charge < -0.3 is 14.8 Å². The van der Waals surface area contributed by atoms with Gasteiger partial charge in [-0.3, -0.25) is 0 Å². The molecule has 0 aromatic heterocycles. The summed E-state index contributed by atoms with van der Waals surface area (Å²) in [7, 11) is 0. The molecule has 0 bridgehead atoms. The molecular formula is C14H19NO2S. The molecule has 2 aliphatic rings. The quantitative estimate of drug-likeness (QED) is 0.833. The molecule has 0 aliphatic carbocycles. The van der Waals surface area contributed by atoms with E-state index in [4.69, 9.17) is 9.47 Å². The highest BCUT2D eigenvalue weighted by Crippen LogP contribution is 2.44.